The second-order valence-electron chi connectivity index (χ2n) is 24.9. The number of benzene rings is 9. The molecule has 0 radical (unpaired) electrons. The van der Waals surface area contributed by atoms with Gasteiger partial charge in [0.15, 0.2) is 0 Å². The summed E-state index contributed by atoms with van der Waals surface area (Å²) in [6.45, 7) is 27.5. The zero-order chi connectivity index (χ0) is 52.8. The summed E-state index contributed by atoms with van der Waals surface area (Å²) in [5.74, 6) is 0. The maximum atomic E-state index is 8.33. The number of rotatable bonds is 5. The average Bonchev–Trinajstić information content (AvgIpc) is 3.73. The number of nitrogens with zero attached hydrogens (tertiary/aromatic N) is 3. The van der Waals surface area contributed by atoms with Gasteiger partial charge in [0, 0.05) is 33.5 Å². The van der Waals surface area contributed by atoms with Crippen LogP contribution in [0, 0.1) is 0 Å². The molecule has 9 aromatic carbocycles. The first-order valence-corrected chi connectivity index (χ1v) is 27.1. The van der Waals surface area contributed by atoms with Crippen molar-refractivity contribution in [3.8, 4) is 5.69 Å². The molecular weight excluding hydrogens is 930 g/mol. The third-order valence-electron chi connectivity index (χ3n) is 15.7. The van der Waals surface area contributed by atoms with Crippen molar-refractivity contribution >= 4 is 67.5 Å². The van der Waals surface area contributed by atoms with Gasteiger partial charge < -0.3 is 14.4 Å². The van der Waals surface area contributed by atoms with Crippen molar-refractivity contribution in [2.75, 3.05) is 9.80 Å². The SMILES string of the molecule is CC(C)(C)c1ccc(N2c3cccc(c3)C(c3ccccc3)(c3ccccc3)c3cccc(c3)N(c3ccc(C(C)(C)C)cc3)c3cc(-n4c5ccc(C(C)(C)C)cc5c5cc(C(C)(C)C)ccc54)cc2c3Cl)cc1. The third kappa shape index (κ3) is 8.73. The molecule has 0 N–H and O–H groups in total. The summed E-state index contributed by atoms with van der Waals surface area (Å²) in [4.78, 5) is 4.79. The Bertz CT molecular complexity index is 3500. The van der Waals surface area contributed by atoms with Crippen LogP contribution in [0.5, 0.6) is 0 Å². The first kappa shape index (κ1) is 49.9. The fourth-order valence-electron chi connectivity index (χ4n) is 11.5. The smallest absolute Gasteiger partial charge is 0.0888 e. The summed E-state index contributed by atoms with van der Waals surface area (Å²) in [5, 5.41) is 3.11. The van der Waals surface area contributed by atoms with Gasteiger partial charge in [0.2, 0.25) is 0 Å². The minimum atomic E-state index is -0.722. The molecule has 0 unspecified atom stereocenters. The zero-order valence-electron chi connectivity index (χ0n) is 45.8. The Kier molecular flexibility index (Phi) is 12.1. The van der Waals surface area contributed by atoms with Gasteiger partial charge in [0.25, 0.3) is 0 Å². The summed E-state index contributed by atoms with van der Waals surface area (Å²) in [6.07, 6.45) is 0. The second kappa shape index (κ2) is 18.2. The second-order valence-corrected chi connectivity index (χ2v) is 25.3. The van der Waals surface area contributed by atoms with Crippen LogP contribution in [0.3, 0.4) is 0 Å². The van der Waals surface area contributed by atoms with Crippen LogP contribution in [0.25, 0.3) is 27.5 Å². The highest BCUT2D eigenvalue weighted by Gasteiger charge is 2.40. The van der Waals surface area contributed by atoms with E-state index in [1.165, 1.54) is 44.2 Å². The van der Waals surface area contributed by atoms with Crippen LogP contribution in [0.2, 0.25) is 5.02 Å². The van der Waals surface area contributed by atoms with Crippen molar-refractivity contribution < 1.29 is 0 Å². The lowest BCUT2D eigenvalue weighted by molar-refractivity contribution is 0.590. The molecule has 0 saturated carbocycles. The van der Waals surface area contributed by atoms with E-state index < -0.39 is 5.41 Å². The Morgan fingerprint density at radius 1 is 0.307 bits per heavy atom. The van der Waals surface area contributed by atoms with E-state index in [0.29, 0.717) is 5.02 Å². The first-order valence-electron chi connectivity index (χ1n) is 26.7. The number of aromatic nitrogens is 1. The van der Waals surface area contributed by atoms with Gasteiger partial charge in [-0.25, -0.2) is 0 Å². The van der Waals surface area contributed by atoms with Crippen molar-refractivity contribution in [1.82, 2.24) is 4.57 Å². The van der Waals surface area contributed by atoms with Crippen molar-refractivity contribution in [1.29, 1.82) is 0 Å². The van der Waals surface area contributed by atoms with E-state index in [4.69, 9.17) is 11.6 Å². The molecule has 0 spiro atoms. The monoisotopic (exact) mass is 1000 g/mol. The number of hydrogen-bond acceptors (Lipinski definition) is 2. The summed E-state index contributed by atoms with van der Waals surface area (Å²) in [7, 11) is 0. The maximum absolute atomic E-state index is 8.33. The molecule has 4 heteroatoms. The minimum Gasteiger partial charge on any atom is -0.309 e. The van der Waals surface area contributed by atoms with Crippen molar-refractivity contribution in [2.24, 2.45) is 0 Å². The van der Waals surface area contributed by atoms with Gasteiger partial charge in [-0.05, 0) is 151 Å². The molecule has 0 amide bonds. The van der Waals surface area contributed by atoms with Gasteiger partial charge in [-0.1, -0.05) is 216 Å². The van der Waals surface area contributed by atoms with Crippen molar-refractivity contribution in [3.63, 3.8) is 0 Å². The molecule has 0 fully saturated rings. The summed E-state index contributed by atoms with van der Waals surface area (Å²) in [6, 6.07) is 77.5. The van der Waals surface area contributed by atoms with Crippen molar-refractivity contribution in [3.05, 3.63) is 256 Å². The molecule has 3 nitrogen and oxygen atoms in total. The van der Waals surface area contributed by atoms with E-state index in [1.807, 2.05) is 0 Å². The molecule has 75 heavy (non-hydrogen) atoms. The van der Waals surface area contributed by atoms with Gasteiger partial charge in [-0.2, -0.15) is 0 Å². The molecule has 1 aliphatic heterocycles. The quantitative estimate of drug-likeness (QED) is 0.170. The summed E-state index contributed by atoms with van der Waals surface area (Å²) in [5.41, 5.74) is 18.0. The summed E-state index contributed by atoms with van der Waals surface area (Å²) >= 11 is 8.33. The van der Waals surface area contributed by atoms with Crippen LogP contribution >= 0.6 is 11.6 Å². The van der Waals surface area contributed by atoms with E-state index in [9.17, 15) is 0 Å². The number of fused-ring (bicyclic) bond motifs is 9. The number of hydrogen-bond donors (Lipinski definition) is 0. The molecular formula is C71H70ClN3. The minimum absolute atomic E-state index is 0.0381. The zero-order valence-corrected chi connectivity index (χ0v) is 46.6. The molecule has 0 saturated heterocycles. The third-order valence-corrected chi connectivity index (χ3v) is 16.1. The van der Waals surface area contributed by atoms with Crippen LogP contribution in [0.1, 0.15) is 128 Å². The lowest BCUT2D eigenvalue weighted by Crippen LogP contribution is -2.31. The van der Waals surface area contributed by atoms with Gasteiger partial charge in [0.1, 0.15) is 0 Å². The lowest BCUT2D eigenvalue weighted by Gasteiger charge is -2.39. The van der Waals surface area contributed by atoms with E-state index in [1.54, 1.807) is 0 Å². The molecule has 11 rings (SSSR count). The van der Waals surface area contributed by atoms with E-state index >= 15 is 0 Å². The molecule has 2 heterocycles. The first-order chi connectivity index (χ1) is 35.6. The topological polar surface area (TPSA) is 11.4 Å². The van der Waals surface area contributed by atoms with Crippen LogP contribution in [-0.4, -0.2) is 4.57 Å². The standard InChI is InChI=1S/C71H70ClN3/c1-67(2,3)47-29-35-55(36-30-47)73-57-27-19-25-53(41-57)71(49-21-15-13-16-22-49,50-23-17-14-18-24-50)54-26-20-28-58(42-54)74(56-37-31-48(32-38-56)68(4,5)6)65-46-59(45-64(73)66(65)72)75-62-39-33-51(69(7,8)9)43-60(62)61-44-52(70(10,11)12)34-40-63(61)75/h13-46H,1-12H3. The van der Waals surface area contributed by atoms with Crippen molar-refractivity contribution in [2.45, 2.75) is 110 Å². The van der Waals surface area contributed by atoms with E-state index in [0.717, 1.165) is 62.0 Å². The highest BCUT2D eigenvalue weighted by molar-refractivity contribution is 6.37. The van der Waals surface area contributed by atoms with Gasteiger partial charge in [0.05, 0.1) is 38.5 Å². The molecule has 1 aliphatic rings. The number of anilines is 6. The van der Waals surface area contributed by atoms with Crippen LogP contribution in [0.4, 0.5) is 34.1 Å². The lowest BCUT2D eigenvalue weighted by atomic mass is 9.65. The molecule has 1 aromatic heterocycles. The van der Waals surface area contributed by atoms with Gasteiger partial charge >= 0.3 is 0 Å². The van der Waals surface area contributed by atoms with Crippen LogP contribution in [-0.2, 0) is 27.1 Å². The Hall–Kier alpha value is -7.33. The van der Waals surface area contributed by atoms with E-state index in [2.05, 4.69) is 304 Å². The molecule has 10 aromatic rings. The predicted molar refractivity (Wildman–Crippen MR) is 322 cm³/mol. The number of halogens is 1. The van der Waals surface area contributed by atoms with E-state index in [-0.39, 0.29) is 21.7 Å². The fourth-order valence-corrected chi connectivity index (χ4v) is 11.8. The molecule has 0 atom stereocenters. The normalized spacial score (nSPS) is 14.0. The predicted octanol–water partition coefficient (Wildman–Crippen LogP) is 20.3. The maximum Gasteiger partial charge on any atom is 0.0888 e. The van der Waals surface area contributed by atoms with Gasteiger partial charge in [-0.3, -0.25) is 0 Å². The molecule has 6 bridgehead atoms. The summed E-state index contributed by atoms with van der Waals surface area (Å²) < 4.78 is 2.48. The fraction of sp³-hybridized carbons (Fsp3) is 0.239. The van der Waals surface area contributed by atoms with Gasteiger partial charge in [-0.15, -0.1) is 0 Å². The Labute approximate surface area is 451 Å². The largest absolute Gasteiger partial charge is 0.309 e. The van der Waals surface area contributed by atoms with Crippen LogP contribution < -0.4 is 9.80 Å². The molecule has 0 aliphatic carbocycles. The Morgan fingerprint density at radius 3 is 1.01 bits per heavy atom. The average molecular weight is 1000 g/mol. The molecule has 376 valence electrons. The highest BCUT2D eigenvalue weighted by atomic mass is 35.5. The van der Waals surface area contributed by atoms with Crippen LogP contribution in [0.15, 0.2) is 206 Å². The Balaban J connectivity index is 1.31. The highest BCUT2D eigenvalue weighted by Crippen LogP contribution is 2.53. The Morgan fingerprint density at radius 2 is 0.653 bits per heavy atom.